The maximum atomic E-state index is 11.2. The molecule has 2 rings (SSSR count). The fourth-order valence-corrected chi connectivity index (χ4v) is 2.10. The van der Waals surface area contributed by atoms with Crippen LogP contribution < -0.4 is 11.1 Å². The molecule has 0 saturated heterocycles. The van der Waals surface area contributed by atoms with Crippen molar-refractivity contribution in [3.05, 3.63) is 40.6 Å². The number of anilines is 1. The van der Waals surface area contributed by atoms with Gasteiger partial charge in [-0.2, -0.15) is 0 Å². The van der Waals surface area contributed by atoms with Crippen molar-refractivity contribution < 1.29 is 4.92 Å². The van der Waals surface area contributed by atoms with Crippen molar-refractivity contribution in [3.63, 3.8) is 0 Å². The first-order chi connectivity index (χ1) is 9.54. The van der Waals surface area contributed by atoms with Gasteiger partial charge in [-0.25, -0.2) is 4.98 Å². The van der Waals surface area contributed by atoms with E-state index in [1.807, 2.05) is 38.1 Å². The third kappa shape index (κ3) is 2.70. The molecule has 0 aliphatic heterocycles. The molecule has 6 nitrogen and oxygen atoms in total. The van der Waals surface area contributed by atoms with Gasteiger partial charge in [0.2, 0.25) is 0 Å². The number of para-hydroxylation sites is 1. The van der Waals surface area contributed by atoms with Crippen LogP contribution in [0.2, 0.25) is 0 Å². The highest BCUT2D eigenvalue weighted by Crippen LogP contribution is 2.32. The van der Waals surface area contributed by atoms with Crippen LogP contribution in [-0.2, 0) is 0 Å². The smallest absolute Gasteiger partial charge is 0.311 e. The third-order valence-corrected chi connectivity index (χ3v) is 3.34. The number of aromatic nitrogens is 1. The van der Waals surface area contributed by atoms with Crippen LogP contribution in [0.1, 0.15) is 13.8 Å². The molecule has 0 radical (unpaired) electrons. The molecule has 0 saturated carbocycles. The molecular formula is C14H18N4O2. The summed E-state index contributed by atoms with van der Waals surface area (Å²) in [5.41, 5.74) is 6.93. The van der Waals surface area contributed by atoms with E-state index in [0.29, 0.717) is 12.2 Å². The molecule has 6 heteroatoms. The Labute approximate surface area is 117 Å². The Morgan fingerprint density at radius 3 is 2.70 bits per heavy atom. The lowest BCUT2D eigenvalue weighted by Crippen LogP contribution is -2.34. The van der Waals surface area contributed by atoms with E-state index in [1.165, 1.54) is 6.20 Å². The standard InChI is InChI=1S/C14H18N4O2/c1-9(2)12(7-15)17-14-10-5-3-4-6-11(10)16-8-13(14)18(19)20/h3-6,8-9,12H,7,15H2,1-2H3,(H,16,17). The number of hydrogen-bond acceptors (Lipinski definition) is 5. The van der Waals surface area contributed by atoms with Crippen LogP contribution in [0, 0.1) is 16.0 Å². The number of fused-ring (bicyclic) bond motifs is 1. The van der Waals surface area contributed by atoms with Crippen molar-refractivity contribution >= 4 is 22.3 Å². The third-order valence-electron chi connectivity index (χ3n) is 3.34. The fourth-order valence-electron chi connectivity index (χ4n) is 2.10. The lowest BCUT2D eigenvalue weighted by molar-refractivity contribution is -0.384. The summed E-state index contributed by atoms with van der Waals surface area (Å²) in [7, 11) is 0. The average molecular weight is 274 g/mol. The van der Waals surface area contributed by atoms with Crippen molar-refractivity contribution in [2.45, 2.75) is 19.9 Å². The molecule has 1 unspecified atom stereocenters. The highest BCUT2D eigenvalue weighted by atomic mass is 16.6. The molecule has 0 amide bonds. The van der Waals surface area contributed by atoms with Gasteiger partial charge in [-0.15, -0.1) is 0 Å². The Morgan fingerprint density at radius 2 is 2.10 bits per heavy atom. The van der Waals surface area contributed by atoms with E-state index in [2.05, 4.69) is 10.3 Å². The zero-order valence-electron chi connectivity index (χ0n) is 11.5. The molecule has 2 aromatic rings. The van der Waals surface area contributed by atoms with Gasteiger partial charge in [0.25, 0.3) is 0 Å². The Morgan fingerprint density at radius 1 is 1.40 bits per heavy atom. The summed E-state index contributed by atoms with van der Waals surface area (Å²) in [4.78, 5) is 14.9. The topological polar surface area (TPSA) is 94.1 Å². The van der Waals surface area contributed by atoms with E-state index >= 15 is 0 Å². The second-order valence-corrected chi connectivity index (χ2v) is 5.02. The molecular weight excluding hydrogens is 256 g/mol. The molecule has 0 spiro atoms. The Kier molecular flexibility index (Phi) is 4.14. The lowest BCUT2D eigenvalue weighted by atomic mass is 10.0. The van der Waals surface area contributed by atoms with E-state index in [9.17, 15) is 10.1 Å². The zero-order chi connectivity index (χ0) is 14.7. The Hall–Kier alpha value is -2.21. The summed E-state index contributed by atoms with van der Waals surface area (Å²) in [6, 6.07) is 7.32. The first-order valence-electron chi connectivity index (χ1n) is 6.53. The van der Waals surface area contributed by atoms with Gasteiger partial charge in [0.15, 0.2) is 0 Å². The fraction of sp³-hybridized carbons (Fsp3) is 0.357. The summed E-state index contributed by atoms with van der Waals surface area (Å²) < 4.78 is 0. The van der Waals surface area contributed by atoms with Crippen LogP contribution >= 0.6 is 0 Å². The Bertz CT molecular complexity index is 628. The van der Waals surface area contributed by atoms with Crippen LogP contribution in [0.25, 0.3) is 10.9 Å². The lowest BCUT2D eigenvalue weighted by Gasteiger charge is -2.22. The number of nitrogens with zero attached hydrogens (tertiary/aromatic N) is 2. The van der Waals surface area contributed by atoms with Crippen molar-refractivity contribution in [2.75, 3.05) is 11.9 Å². The van der Waals surface area contributed by atoms with Gasteiger partial charge in [-0.05, 0) is 12.0 Å². The second-order valence-electron chi connectivity index (χ2n) is 5.02. The molecule has 0 aliphatic rings. The molecule has 106 valence electrons. The maximum Gasteiger partial charge on any atom is 0.311 e. The van der Waals surface area contributed by atoms with Crippen LogP contribution in [0.4, 0.5) is 11.4 Å². The van der Waals surface area contributed by atoms with Crippen molar-refractivity contribution in [2.24, 2.45) is 11.7 Å². The number of hydrogen-bond donors (Lipinski definition) is 2. The predicted octanol–water partition coefficient (Wildman–Crippen LogP) is 2.54. The van der Waals surface area contributed by atoms with E-state index in [-0.39, 0.29) is 17.6 Å². The zero-order valence-corrected chi connectivity index (χ0v) is 11.5. The van der Waals surface area contributed by atoms with Crippen LogP contribution in [0.15, 0.2) is 30.5 Å². The minimum absolute atomic E-state index is 0.0252. The first-order valence-corrected chi connectivity index (χ1v) is 6.53. The quantitative estimate of drug-likeness (QED) is 0.645. The summed E-state index contributed by atoms with van der Waals surface area (Å²) >= 11 is 0. The number of rotatable bonds is 5. The highest BCUT2D eigenvalue weighted by molar-refractivity contribution is 5.95. The average Bonchev–Trinajstić information content (AvgIpc) is 2.43. The molecule has 1 heterocycles. The van der Waals surface area contributed by atoms with Gasteiger partial charge in [0, 0.05) is 18.0 Å². The largest absolute Gasteiger partial charge is 0.375 e. The van der Waals surface area contributed by atoms with Crippen molar-refractivity contribution in [1.29, 1.82) is 0 Å². The minimum Gasteiger partial charge on any atom is -0.375 e. The monoisotopic (exact) mass is 274 g/mol. The minimum atomic E-state index is -0.421. The van der Waals surface area contributed by atoms with E-state index < -0.39 is 4.92 Å². The second kappa shape index (κ2) is 5.83. The molecule has 0 fully saturated rings. The Balaban J connectivity index is 2.57. The van der Waals surface area contributed by atoms with Crippen molar-refractivity contribution in [1.82, 2.24) is 4.98 Å². The molecule has 0 aliphatic carbocycles. The maximum absolute atomic E-state index is 11.2. The number of nitrogens with one attached hydrogen (secondary N) is 1. The summed E-state index contributed by atoms with van der Waals surface area (Å²) in [6.45, 7) is 4.46. The molecule has 3 N–H and O–H groups in total. The van der Waals surface area contributed by atoms with Gasteiger partial charge >= 0.3 is 5.69 Å². The van der Waals surface area contributed by atoms with Crippen molar-refractivity contribution in [3.8, 4) is 0 Å². The van der Waals surface area contributed by atoms with Gasteiger partial charge < -0.3 is 11.1 Å². The van der Waals surface area contributed by atoms with E-state index in [0.717, 1.165) is 10.9 Å². The summed E-state index contributed by atoms with van der Waals surface area (Å²) in [5.74, 6) is 0.270. The van der Waals surface area contributed by atoms with Gasteiger partial charge in [-0.1, -0.05) is 32.0 Å². The normalized spacial score (nSPS) is 12.6. The molecule has 1 aromatic carbocycles. The van der Waals surface area contributed by atoms with E-state index in [4.69, 9.17) is 5.73 Å². The van der Waals surface area contributed by atoms with Crippen LogP contribution in [-0.4, -0.2) is 22.5 Å². The summed E-state index contributed by atoms with van der Waals surface area (Å²) in [5, 5.41) is 15.2. The first kappa shape index (κ1) is 14.2. The number of nitro groups is 1. The molecule has 0 bridgehead atoms. The van der Waals surface area contributed by atoms with Crippen LogP contribution in [0.5, 0.6) is 0 Å². The van der Waals surface area contributed by atoms with Crippen LogP contribution in [0.3, 0.4) is 0 Å². The predicted molar refractivity (Wildman–Crippen MR) is 79.7 cm³/mol. The summed E-state index contributed by atoms with van der Waals surface area (Å²) in [6.07, 6.45) is 1.29. The molecule has 1 atom stereocenters. The number of benzene rings is 1. The number of pyridine rings is 1. The molecule has 20 heavy (non-hydrogen) atoms. The van der Waals surface area contributed by atoms with Gasteiger partial charge in [0.1, 0.15) is 11.9 Å². The van der Waals surface area contributed by atoms with Gasteiger partial charge in [0.05, 0.1) is 10.4 Å². The highest BCUT2D eigenvalue weighted by Gasteiger charge is 2.21. The molecule has 1 aromatic heterocycles. The van der Waals surface area contributed by atoms with Gasteiger partial charge in [-0.3, -0.25) is 10.1 Å². The number of nitrogens with two attached hydrogens (primary N) is 1. The SMILES string of the molecule is CC(C)C(CN)Nc1c([N+](=O)[O-])cnc2ccccc12. The van der Waals surface area contributed by atoms with E-state index in [1.54, 1.807) is 0 Å².